The summed E-state index contributed by atoms with van der Waals surface area (Å²) in [6.45, 7) is 9.63. The first-order valence-electron chi connectivity index (χ1n) is 7.09. The molecule has 0 aliphatic carbocycles. The SMILES string of the molecule is CCN(CCCNCC(=O)NC(C)(C)CC)S(C)(=O)=O. The summed E-state index contributed by atoms with van der Waals surface area (Å²) in [5.74, 6) is -0.0349. The Kier molecular flexibility index (Phi) is 8.30. The maximum Gasteiger partial charge on any atom is 0.234 e. The first-order chi connectivity index (χ1) is 9.12. The standard InChI is InChI=1S/C13H29N3O3S/c1-6-13(3,4)15-12(17)11-14-9-8-10-16(7-2)20(5,18)19/h14H,6-11H2,1-5H3,(H,15,17). The van der Waals surface area contributed by atoms with Gasteiger partial charge in [-0.05, 0) is 33.2 Å². The summed E-state index contributed by atoms with van der Waals surface area (Å²) < 4.78 is 24.2. The van der Waals surface area contributed by atoms with Crippen LogP contribution in [0, 0.1) is 0 Å². The molecule has 0 fully saturated rings. The van der Waals surface area contributed by atoms with Gasteiger partial charge in [-0.1, -0.05) is 13.8 Å². The monoisotopic (exact) mass is 307 g/mol. The molecule has 1 amide bonds. The third-order valence-corrected chi connectivity index (χ3v) is 4.61. The number of amides is 1. The molecule has 0 radical (unpaired) electrons. The molecule has 0 unspecified atom stereocenters. The number of hydrogen-bond donors (Lipinski definition) is 2. The predicted molar refractivity (Wildman–Crippen MR) is 82.1 cm³/mol. The zero-order valence-electron chi connectivity index (χ0n) is 13.3. The van der Waals surface area contributed by atoms with Crippen LogP contribution in [0.5, 0.6) is 0 Å². The molecule has 2 N–H and O–H groups in total. The quantitative estimate of drug-likeness (QED) is 0.578. The van der Waals surface area contributed by atoms with Crippen LogP contribution in [0.4, 0.5) is 0 Å². The number of sulfonamides is 1. The fourth-order valence-corrected chi connectivity index (χ4v) is 2.58. The van der Waals surface area contributed by atoms with Gasteiger partial charge in [-0.25, -0.2) is 12.7 Å². The number of rotatable bonds is 10. The van der Waals surface area contributed by atoms with E-state index in [0.29, 0.717) is 26.1 Å². The Hall–Kier alpha value is -0.660. The Bertz CT molecular complexity index is 394. The second kappa shape index (κ2) is 8.59. The Morgan fingerprint density at radius 3 is 2.30 bits per heavy atom. The van der Waals surface area contributed by atoms with E-state index < -0.39 is 10.0 Å². The highest BCUT2D eigenvalue weighted by Crippen LogP contribution is 2.05. The molecule has 7 heteroatoms. The van der Waals surface area contributed by atoms with Crippen molar-refractivity contribution in [1.29, 1.82) is 0 Å². The second-order valence-corrected chi connectivity index (χ2v) is 7.55. The van der Waals surface area contributed by atoms with Crippen molar-refractivity contribution in [3.8, 4) is 0 Å². The molecule has 0 saturated carbocycles. The van der Waals surface area contributed by atoms with Gasteiger partial charge in [0.1, 0.15) is 0 Å². The molecule has 6 nitrogen and oxygen atoms in total. The van der Waals surface area contributed by atoms with E-state index in [-0.39, 0.29) is 18.0 Å². The van der Waals surface area contributed by atoms with E-state index >= 15 is 0 Å². The lowest BCUT2D eigenvalue weighted by molar-refractivity contribution is -0.121. The van der Waals surface area contributed by atoms with Crippen molar-refractivity contribution in [2.75, 3.05) is 32.4 Å². The van der Waals surface area contributed by atoms with E-state index in [1.54, 1.807) is 0 Å². The van der Waals surface area contributed by atoms with Gasteiger partial charge in [-0.15, -0.1) is 0 Å². The summed E-state index contributed by atoms with van der Waals surface area (Å²) >= 11 is 0. The van der Waals surface area contributed by atoms with Crippen LogP contribution >= 0.6 is 0 Å². The smallest absolute Gasteiger partial charge is 0.234 e. The number of hydrogen-bond acceptors (Lipinski definition) is 4. The lowest BCUT2D eigenvalue weighted by Crippen LogP contribution is -2.46. The van der Waals surface area contributed by atoms with E-state index in [4.69, 9.17) is 0 Å². The van der Waals surface area contributed by atoms with Crippen LogP contribution in [0.1, 0.15) is 40.5 Å². The average Bonchev–Trinajstić information content (AvgIpc) is 2.31. The van der Waals surface area contributed by atoms with Crippen LogP contribution in [-0.2, 0) is 14.8 Å². The minimum Gasteiger partial charge on any atom is -0.350 e. The topological polar surface area (TPSA) is 78.5 Å². The van der Waals surface area contributed by atoms with Crippen LogP contribution in [-0.4, -0.2) is 56.6 Å². The summed E-state index contributed by atoms with van der Waals surface area (Å²) in [6, 6.07) is 0. The lowest BCUT2D eigenvalue weighted by Gasteiger charge is -2.24. The molecule has 0 saturated heterocycles. The fourth-order valence-electron chi connectivity index (χ4n) is 1.65. The van der Waals surface area contributed by atoms with Crippen molar-refractivity contribution >= 4 is 15.9 Å². The van der Waals surface area contributed by atoms with Gasteiger partial charge in [-0.2, -0.15) is 0 Å². The van der Waals surface area contributed by atoms with Gasteiger partial charge in [0.2, 0.25) is 15.9 Å². The maximum absolute atomic E-state index is 11.7. The molecule has 0 atom stereocenters. The van der Waals surface area contributed by atoms with Gasteiger partial charge in [0, 0.05) is 18.6 Å². The summed E-state index contributed by atoms with van der Waals surface area (Å²) in [6.07, 6.45) is 2.77. The minimum absolute atomic E-state index is 0.0349. The van der Waals surface area contributed by atoms with Crippen LogP contribution in [0.3, 0.4) is 0 Å². The van der Waals surface area contributed by atoms with Crippen molar-refractivity contribution in [3.63, 3.8) is 0 Å². The molecule has 0 aliphatic rings. The van der Waals surface area contributed by atoms with Gasteiger partial charge >= 0.3 is 0 Å². The van der Waals surface area contributed by atoms with E-state index in [2.05, 4.69) is 10.6 Å². The molecule has 0 rings (SSSR count). The Morgan fingerprint density at radius 2 is 1.85 bits per heavy atom. The van der Waals surface area contributed by atoms with Crippen LogP contribution in [0.2, 0.25) is 0 Å². The van der Waals surface area contributed by atoms with Gasteiger partial charge in [0.05, 0.1) is 12.8 Å². The van der Waals surface area contributed by atoms with Crippen molar-refractivity contribution < 1.29 is 13.2 Å². The van der Waals surface area contributed by atoms with Crippen LogP contribution < -0.4 is 10.6 Å². The molecule has 20 heavy (non-hydrogen) atoms. The maximum atomic E-state index is 11.7. The minimum atomic E-state index is -3.12. The fraction of sp³-hybridized carbons (Fsp3) is 0.923. The Balaban J connectivity index is 3.85. The molecule has 0 aliphatic heterocycles. The van der Waals surface area contributed by atoms with Gasteiger partial charge in [0.15, 0.2) is 0 Å². The van der Waals surface area contributed by atoms with Crippen LogP contribution in [0.15, 0.2) is 0 Å². The van der Waals surface area contributed by atoms with E-state index in [9.17, 15) is 13.2 Å². The number of carbonyl (C=O) groups excluding carboxylic acids is 1. The largest absolute Gasteiger partial charge is 0.350 e. The van der Waals surface area contributed by atoms with Gasteiger partial charge < -0.3 is 10.6 Å². The number of carbonyl (C=O) groups is 1. The van der Waals surface area contributed by atoms with E-state index in [1.165, 1.54) is 10.6 Å². The summed E-state index contributed by atoms with van der Waals surface area (Å²) in [7, 11) is -3.12. The Labute approximate surface area is 123 Å². The van der Waals surface area contributed by atoms with Gasteiger partial charge in [0.25, 0.3) is 0 Å². The zero-order chi connectivity index (χ0) is 15.8. The van der Waals surface area contributed by atoms with Crippen molar-refractivity contribution in [2.45, 2.75) is 46.1 Å². The normalized spacial score (nSPS) is 12.7. The highest BCUT2D eigenvalue weighted by molar-refractivity contribution is 7.88. The van der Waals surface area contributed by atoms with Crippen molar-refractivity contribution in [2.24, 2.45) is 0 Å². The molecular formula is C13H29N3O3S. The molecule has 0 spiro atoms. The number of nitrogens with zero attached hydrogens (tertiary/aromatic N) is 1. The third kappa shape index (κ3) is 8.50. The average molecular weight is 307 g/mol. The van der Waals surface area contributed by atoms with Crippen LogP contribution in [0.25, 0.3) is 0 Å². The van der Waals surface area contributed by atoms with E-state index in [0.717, 1.165) is 6.42 Å². The first-order valence-corrected chi connectivity index (χ1v) is 8.94. The molecule has 0 bridgehead atoms. The second-order valence-electron chi connectivity index (χ2n) is 5.57. The molecular weight excluding hydrogens is 278 g/mol. The molecule has 0 aromatic rings. The summed E-state index contributed by atoms with van der Waals surface area (Å²) in [5.41, 5.74) is -0.186. The lowest BCUT2D eigenvalue weighted by atomic mass is 10.0. The molecule has 0 heterocycles. The highest BCUT2D eigenvalue weighted by Gasteiger charge is 2.17. The molecule has 0 aromatic heterocycles. The third-order valence-electron chi connectivity index (χ3n) is 3.23. The first kappa shape index (κ1) is 19.3. The van der Waals surface area contributed by atoms with Gasteiger partial charge in [-0.3, -0.25) is 4.79 Å². The van der Waals surface area contributed by atoms with Crippen molar-refractivity contribution in [1.82, 2.24) is 14.9 Å². The molecule has 0 aromatic carbocycles. The van der Waals surface area contributed by atoms with Crippen molar-refractivity contribution in [3.05, 3.63) is 0 Å². The number of nitrogens with one attached hydrogen (secondary N) is 2. The summed E-state index contributed by atoms with van der Waals surface area (Å²) in [5, 5.41) is 5.96. The zero-order valence-corrected chi connectivity index (χ0v) is 14.1. The molecule has 120 valence electrons. The predicted octanol–water partition coefficient (Wildman–Crippen LogP) is 0.552. The summed E-state index contributed by atoms with van der Waals surface area (Å²) in [4.78, 5) is 11.7. The highest BCUT2D eigenvalue weighted by atomic mass is 32.2. The Morgan fingerprint density at radius 1 is 1.25 bits per heavy atom. The van der Waals surface area contributed by atoms with E-state index in [1.807, 2.05) is 27.7 Å².